The van der Waals surface area contributed by atoms with Crippen LogP contribution in [0.2, 0.25) is 0 Å². The molecule has 1 aromatic carbocycles. The van der Waals surface area contributed by atoms with E-state index in [1.807, 2.05) is 0 Å². The van der Waals surface area contributed by atoms with Crippen molar-refractivity contribution in [3.8, 4) is 0 Å². The normalized spacial score (nSPS) is 26.8. The SMILES string of the molecule is c1cc2c(cc1CN1CCC(N3CCOCC3)C1)NCC2. The van der Waals surface area contributed by atoms with Gasteiger partial charge < -0.3 is 10.1 Å². The van der Waals surface area contributed by atoms with E-state index >= 15 is 0 Å². The van der Waals surface area contributed by atoms with E-state index < -0.39 is 0 Å². The Labute approximate surface area is 127 Å². The van der Waals surface area contributed by atoms with Crippen LogP contribution in [0.15, 0.2) is 18.2 Å². The van der Waals surface area contributed by atoms with Gasteiger partial charge in [-0.3, -0.25) is 9.80 Å². The fourth-order valence-corrected chi connectivity index (χ4v) is 3.89. The number of rotatable bonds is 3. The van der Waals surface area contributed by atoms with Crippen LogP contribution in [0, 0.1) is 0 Å². The molecular weight excluding hydrogens is 262 g/mol. The van der Waals surface area contributed by atoms with Crippen molar-refractivity contribution in [3.05, 3.63) is 29.3 Å². The van der Waals surface area contributed by atoms with Crippen LogP contribution in [0.5, 0.6) is 0 Å². The number of hydrogen-bond acceptors (Lipinski definition) is 4. The number of likely N-dealkylation sites (tertiary alicyclic amines) is 1. The van der Waals surface area contributed by atoms with Gasteiger partial charge in [-0.2, -0.15) is 0 Å². The Morgan fingerprint density at radius 2 is 2.10 bits per heavy atom. The van der Waals surface area contributed by atoms with Gasteiger partial charge in [0.2, 0.25) is 0 Å². The summed E-state index contributed by atoms with van der Waals surface area (Å²) in [6, 6.07) is 7.71. The molecule has 114 valence electrons. The van der Waals surface area contributed by atoms with Crippen LogP contribution in [0.1, 0.15) is 17.5 Å². The average molecular weight is 287 g/mol. The third-order valence-corrected chi connectivity index (χ3v) is 5.10. The second kappa shape index (κ2) is 5.95. The van der Waals surface area contributed by atoms with Gasteiger partial charge in [0.05, 0.1) is 13.2 Å². The standard InChI is InChI=1S/C17H25N3O/c1-2-15-3-5-18-17(15)11-14(1)12-19-6-4-16(13-19)20-7-9-21-10-8-20/h1-2,11,16,18H,3-10,12-13H2. The molecule has 0 saturated carbocycles. The van der Waals surface area contributed by atoms with Crippen molar-refractivity contribution in [3.63, 3.8) is 0 Å². The highest BCUT2D eigenvalue weighted by molar-refractivity contribution is 5.57. The lowest BCUT2D eigenvalue weighted by molar-refractivity contribution is 0.0184. The van der Waals surface area contributed by atoms with Crippen molar-refractivity contribution in [1.82, 2.24) is 9.80 Å². The van der Waals surface area contributed by atoms with Gasteiger partial charge >= 0.3 is 0 Å². The van der Waals surface area contributed by atoms with Gasteiger partial charge in [-0.1, -0.05) is 12.1 Å². The van der Waals surface area contributed by atoms with E-state index in [0.717, 1.165) is 45.4 Å². The minimum atomic E-state index is 0.737. The smallest absolute Gasteiger partial charge is 0.0594 e. The lowest BCUT2D eigenvalue weighted by Gasteiger charge is -2.32. The summed E-state index contributed by atoms with van der Waals surface area (Å²) in [4.78, 5) is 5.23. The van der Waals surface area contributed by atoms with Crippen LogP contribution in [-0.2, 0) is 17.7 Å². The molecule has 1 N–H and O–H groups in total. The number of anilines is 1. The van der Waals surface area contributed by atoms with Gasteiger partial charge in [0, 0.05) is 51.0 Å². The van der Waals surface area contributed by atoms with E-state index in [0.29, 0.717) is 0 Å². The Bertz CT molecular complexity index is 499. The van der Waals surface area contributed by atoms with E-state index in [1.165, 1.54) is 42.7 Å². The van der Waals surface area contributed by atoms with Crippen LogP contribution in [0.4, 0.5) is 5.69 Å². The Hall–Kier alpha value is -1.10. The van der Waals surface area contributed by atoms with E-state index in [-0.39, 0.29) is 0 Å². The summed E-state index contributed by atoms with van der Waals surface area (Å²) < 4.78 is 5.46. The molecule has 3 aliphatic heterocycles. The lowest BCUT2D eigenvalue weighted by atomic mass is 10.1. The van der Waals surface area contributed by atoms with Gasteiger partial charge in [0.25, 0.3) is 0 Å². The zero-order valence-corrected chi connectivity index (χ0v) is 12.7. The van der Waals surface area contributed by atoms with Gasteiger partial charge in [-0.25, -0.2) is 0 Å². The highest BCUT2D eigenvalue weighted by Gasteiger charge is 2.28. The molecule has 2 saturated heterocycles. The second-order valence-electron chi connectivity index (χ2n) is 6.49. The van der Waals surface area contributed by atoms with Crippen molar-refractivity contribution in [2.24, 2.45) is 0 Å². The molecule has 0 aliphatic carbocycles. The molecule has 1 unspecified atom stereocenters. The maximum Gasteiger partial charge on any atom is 0.0594 e. The molecule has 3 heterocycles. The van der Waals surface area contributed by atoms with Crippen LogP contribution < -0.4 is 5.32 Å². The highest BCUT2D eigenvalue weighted by Crippen LogP contribution is 2.25. The number of ether oxygens (including phenoxy) is 1. The summed E-state index contributed by atoms with van der Waals surface area (Å²) in [5.74, 6) is 0. The largest absolute Gasteiger partial charge is 0.384 e. The number of benzene rings is 1. The molecule has 0 bridgehead atoms. The molecule has 21 heavy (non-hydrogen) atoms. The average Bonchev–Trinajstić information content (AvgIpc) is 3.17. The first-order valence-electron chi connectivity index (χ1n) is 8.28. The third-order valence-electron chi connectivity index (χ3n) is 5.10. The third kappa shape index (κ3) is 2.93. The summed E-state index contributed by atoms with van der Waals surface area (Å²) in [6.45, 7) is 8.68. The van der Waals surface area contributed by atoms with E-state index in [4.69, 9.17) is 4.74 Å². The summed E-state index contributed by atoms with van der Waals surface area (Å²) in [6.07, 6.45) is 2.49. The van der Waals surface area contributed by atoms with E-state index in [2.05, 4.69) is 33.3 Å². The summed E-state index contributed by atoms with van der Waals surface area (Å²) in [7, 11) is 0. The molecule has 1 atom stereocenters. The first-order valence-corrected chi connectivity index (χ1v) is 8.28. The molecular formula is C17H25N3O. The molecule has 4 nitrogen and oxygen atoms in total. The predicted octanol–water partition coefficient (Wildman–Crippen LogP) is 1.56. The van der Waals surface area contributed by atoms with Crippen molar-refractivity contribution in [2.75, 3.05) is 51.3 Å². The molecule has 3 aliphatic rings. The lowest BCUT2D eigenvalue weighted by Crippen LogP contribution is -2.44. The Morgan fingerprint density at radius 1 is 1.19 bits per heavy atom. The minimum Gasteiger partial charge on any atom is -0.384 e. The minimum absolute atomic E-state index is 0.737. The number of morpholine rings is 1. The highest BCUT2D eigenvalue weighted by atomic mass is 16.5. The number of nitrogens with one attached hydrogen (secondary N) is 1. The first-order chi connectivity index (χ1) is 10.4. The van der Waals surface area contributed by atoms with Crippen molar-refractivity contribution < 1.29 is 4.74 Å². The van der Waals surface area contributed by atoms with Crippen LogP contribution in [-0.4, -0.2) is 61.8 Å². The second-order valence-corrected chi connectivity index (χ2v) is 6.49. The maximum absolute atomic E-state index is 5.46. The maximum atomic E-state index is 5.46. The Morgan fingerprint density at radius 3 is 3.00 bits per heavy atom. The molecule has 0 radical (unpaired) electrons. The Kier molecular flexibility index (Phi) is 3.84. The van der Waals surface area contributed by atoms with Gasteiger partial charge in [-0.15, -0.1) is 0 Å². The Balaban J connectivity index is 1.35. The zero-order valence-electron chi connectivity index (χ0n) is 12.7. The number of nitrogens with zero attached hydrogens (tertiary/aromatic N) is 2. The fraction of sp³-hybridized carbons (Fsp3) is 0.647. The van der Waals surface area contributed by atoms with Gasteiger partial charge in [0.15, 0.2) is 0 Å². The summed E-state index contributed by atoms with van der Waals surface area (Å²) >= 11 is 0. The number of hydrogen-bond donors (Lipinski definition) is 1. The van der Waals surface area contributed by atoms with E-state index in [9.17, 15) is 0 Å². The molecule has 0 amide bonds. The van der Waals surface area contributed by atoms with Crippen molar-refractivity contribution in [2.45, 2.75) is 25.4 Å². The molecule has 4 rings (SSSR count). The quantitative estimate of drug-likeness (QED) is 0.913. The fourth-order valence-electron chi connectivity index (χ4n) is 3.89. The number of fused-ring (bicyclic) bond motifs is 1. The zero-order chi connectivity index (χ0) is 14.1. The monoisotopic (exact) mass is 287 g/mol. The van der Waals surface area contributed by atoms with Crippen LogP contribution in [0.25, 0.3) is 0 Å². The summed E-state index contributed by atoms with van der Waals surface area (Å²) in [5, 5.41) is 3.49. The summed E-state index contributed by atoms with van der Waals surface area (Å²) in [5.41, 5.74) is 4.29. The van der Waals surface area contributed by atoms with Crippen LogP contribution >= 0.6 is 0 Å². The topological polar surface area (TPSA) is 27.7 Å². The molecule has 0 spiro atoms. The predicted molar refractivity (Wildman–Crippen MR) is 84.7 cm³/mol. The van der Waals surface area contributed by atoms with Crippen molar-refractivity contribution >= 4 is 5.69 Å². The molecule has 1 aromatic rings. The van der Waals surface area contributed by atoms with Gasteiger partial charge in [0.1, 0.15) is 0 Å². The molecule has 2 fully saturated rings. The molecule has 0 aromatic heterocycles. The first kappa shape index (κ1) is 13.6. The van der Waals surface area contributed by atoms with Gasteiger partial charge in [-0.05, 0) is 30.0 Å². The van der Waals surface area contributed by atoms with E-state index in [1.54, 1.807) is 0 Å². The van der Waals surface area contributed by atoms with Crippen LogP contribution in [0.3, 0.4) is 0 Å². The molecule has 4 heteroatoms. The van der Waals surface area contributed by atoms with Crippen molar-refractivity contribution in [1.29, 1.82) is 0 Å².